The number of nitrogens with one attached hydrogen (secondary N) is 1. The van der Waals surface area contributed by atoms with Crippen molar-refractivity contribution >= 4 is 23.3 Å². The van der Waals surface area contributed by atoms with E-state index in [1.54, 1.807) is 6.07 Å². The third-order valence-electron chi connectivity index (χ3n) is 3.16. The lowest BCUT2D eigenvalue weighted by molar-refractivity contribution is -0.137. The van der Waals surface area contributed by atoms with E-state index in [2.05, 4.69) is 15.3 Å². The molecule has 9 heteroatoms. The zero-order valence-electron chi connectivity index (χ0n) is 12.3. The quantitative estimate of drug-likeness (QED) is 0.731. The summed E-state index contributed by atoms with van der Waals surface area (Å²) >= 11 is 5.70. The molecule has 5 nitrogen and oxygen atoms in total. The Labute approximate surface area is 144 Å². The van der Waals surface area contributed by atoms with Crippen LogP contribution in [0.3, 0.4) is 0 Å². The van der Waals surface area contributed by atoms with Crippen molar-refractivity contribution in [2.24, 2.45) is 0 Å². The fraction of sp³-hybridized carbons (Fsp3) is 0.0625. The van der Waals surface area contributed by atoms with E-state index in [1.807, 2.05) is 0 Å². The van der Waals surface area contributed by atoms with Gasteiger partial charge in [0, 0.05) is 11.8 Å². The monoisotopic (exact) mass is 367 g/mol. The zero-order valence-corrected chi connectivity index (χ0v) is 13.1. The molecule has 0 aliphatic rings. The first-order valence-corrected chi connectivity index (χ1v) is 7.27. The summed E-state index contributed by atoms with van der Waals surface area (Å²) in [6.45, 7) is 0. The van der Waals surface area contributed by atoms with Gasteiger partial charge in [0.25, 0.3) is 5.91 Å². The summed E-state index contributed by atoms with van der Waals surface area (Å²) < 4.78 is 42.8. The van der Waals surface area contributed by atoms with Crippen molar-refractivity contribution in [2.75, 3.05) is 5.32 Å². The molecule has 0 atom stereocenters. The van der Waals surface area contributed by atoms with E-state index in [0.29, 0.717) is 10.6 Å². The van der Waals surface area contributed by atoms with E-state index in [9.17, 15) is 18.0 Å². The summed E-state index contributed by atoms with van der Waals surface area (Å²) in [7, 11) is 0. The van der Waals surface area contributed by atoms with Gasteiger partial charge in [-0.05, 0) is 36.4 Å². The van der Waals surface area contributed by atoms with Gasteiger partial charge < -0.3 is 9.73 Å². The third-order valence-corrected chi connectivity index (χ3v) is 3.39. The number of rotatable bonds is 3. The Morgan fingerprint density at radius 2 is 1.84 bits per heavy atom. The molecule has 1 N–H and O–H groups in total. The molecular formula is C16H9ClF3N3O2. The lowest BCUT2D eigenvalue weighted by Crippen LogP contribution is -2.13. The van der Waals surface area contributed by atoms with Crippen molar-refractivity contribution < 1.29 is 22.4 Å². The zero-order chi connectivity index (χ0) is 18.0. The van der Waals surface area contributed by atoms with Crippen LogP contribution in [0.5, 0.6) is 0 Å². The number of aromatic nitrogens is 2. The van der Waals surface area contributed by atoms with Gasteiger partial charge in [0.15, 0.2) is 5.69 Å². The minimum absolute atomic E-state index is 0.0305. The molecule has 0 spiro atoms. The van der Waals surface area contributed by atoms with Crippen LogP contribution in [0.25, 0.3) is 11.5 Å². The van der Waals surface area contributed by atoms with Gasteiger partial charge in [-0.3, -0.25) is 4.79 Å². The number of oxazole rings is 1. The highest BCUT2D eigenvalue weighted by Gasteiger charge is 2.30. The highest BCUT2D eigenvalue weighted by Crippen LogP contribution is 2.30. The molecule has 0 saturated heterocycles. The van der Waals surface area contributed by atoms with E-state index >= 15 is 0 Å². The molecule has 128 valence electrons. The number of anilines is 1. The molecule has 0 fully saturated rings. The SMILES string of the molecule is O=C(Nc1ccc(Cl)cn1)c1coc(-c2ccc(C(F)(F)F)cc2)n1. The van der Waals surface area contributed by atoms with Crippen LogP contribution in [0.15, 0.2) is 53.3 Å². The van der Waals surface area contributed by atoms with Gasteiger partial charge >= 0.3 is 6.18 Å². The van der Waals surface area contributed by atoms with Gasteiger partial charge in [0.05, 0.1) is 10.6 Å². The molecule has 0 aliphatic carbocycles. The Hall–Kier alpha value is -2.87. The van der Waals surface area contributed by atoms with Crippen LogP contribution in [-0.2, 0) is 6.18 Å². The Balaban J connectivity index is 1.75. The molecule has 1 amide bonds. The van der Waals surface area contributed by atoms with Gasteiger partial charge in [-0.15, -0.1) is 0 Å². The lowest BCUT2D eigenvalue weighted by atomic mass is 10.1. The number of alkyl halides is 3. The van der Waals surface area contributed by atoms with E-state index in [-0.39, 0.29) is 17.4 Å². The van der Waals surface area contributed by atoms with Gasteiger partial charge in [-0.2, -0.15) is 13.2 Å². The second-order valence-electron chi connectivity index (χ2n) is 4.93. The highest BCUT2D eigenvalue weighted by atomic mass is 35.5. The van der Waals surface area contributed by atoms with Crippen LogP contribution in [0.1, 0.15) is 16.1 Å². The molecule has 1 aromatic carbocycles. The van der Waals surface area contributed by atoms with E-state index < -0.39 is 17.6 Å². The van der Waals surface area contributed by atoms with E-state index in [0.717, 1.165) is 18.4 Å². The van der Waals surface area contributed by atoms with Crippen LogP contribution >= 0.6 is 11.6 Å². The summed E-state index contributed by atoms with van der Waals surface area (Å²) in [6, 6.07) is 7.33. The maximum atomic E-state index is 12.6. The molecular weight excluding hydrogens is 359 g/mol. The maximum absolute atomic E-state index is 12.6. The standard InChI is InChI=1S/C16H9ClF3N3O2/c17-11-5-6-13(21-7-11)23-14(24)12-8-25-15(22-12)9-1-3-10(4-2-9)16(18,19)20/h1-8H,(H,21,23,24). The lowest BCUT2D eigenvalue weighted by Gasteiger charge is -2.06. The second kappa shape index (κ2) is 6.56. The highest BCUT2D eigenvalue weighted by molar-refractivity contribution is 6.30. The topological polar surface area (TPSA) is 68.0 Å². The fourth-order valence-corrected chi connectivity index (χ4v) is 2.05. The average molecular weight is 368 g/mol. The molecule has 0 aliphatic heterocycles. The summed E-state index contributed by atoms with van der Waals surface area (Å²) in [5.41, 5.74) is -0.502. The van der Waals surface area contributed by atoms with E-state index in [4.69, 9.17) is 16.0 Å². The predicted molar refractivity (Wildman–Crippen MR) is 84.1 cm³/mol. The number of halogens is 4. The molecule has 2 aromatic heterocycles. The first-order chi connectivity index (χ1) is 11.8. The number of hydrogen-bond acceptors (Lipinski definition) is 4. The van der Waals surface area contributed by atoms with Crippen LogP contribution in [0.4, 0.5) is 19.0 Å². The minimum Gasteiger partial charge on any atom is -0.444 e. The molecule has 0 unspecified atom stereocenters. The van der Waals surface area contributed by atoms with Crippen LogP contribution in [0.2, 0.25) is 5.02 Å². The first kappa shape index (κ1) is 17.0. The van der Waals surface area contributed by atoms with Crippen LogP contribution < -0.4 is 5.32 Å². The van der Waals surface area contributed by atoms with Crippen LogP contribution in [0, 0.1) is 0 Å². The smallest absolute Gasteiger partial charge is 0.416 e. The number of carbonyl (C=O) groups excluding carboxylic acids is 1. The van der Waals surface area contributed by atoms with Crippen molar-refractivity contribution in [3.05, 3.63) is 65.1 Å². The summed E-state index contributed by atoms with van der Waals surface area (Å²) in [5, 5.41) is 2.92. The Morgan fingerprint density at radius 3 is 2.44 bits per heavy atom. The van der Waals surface area contributed by atoms with Crippen LogP contribution in [-0.4, -0.2) is 15.9 Å². The number of pyridine rings is 1. The largest absolute Gasteiger partial charge is 0.444 e. The van der Waals surface area contributed by atoms with Crippen molar-refractivity contribution in [3.8, 4) is 11.5 Å². The number of nitrogens with zero attached hydrogens (tertiary/aromatic N) is 2. The van der Waals surface area contributed by atoms with Crippen molar-refractivity contribution in [1.82, 2.24) is 9.97 Å². The predicted octanol–water partition coefficient (Wildman–Crippen LogP) is 4.66. The summed E-state index contributed by atoms with van der Waals surface area (Å²) in [4.78, 5) is 20.0. The van der Waals surface area contributed by atoms with Crippen molar-refractivity contribution in [3.63, 3.8) is 0 Å². The molecule has 3 aromatic rings. The summed E-state index contributed by atoms with van der Waals surface area (Å²) in [6.07, 6.45) is -1.95. The Kier molecular flexibility index (Phi) is 4.45. The van der Waals surface area contributed by atoms with Gasteiger partial charge in [0.1, 0.15) is 12.1 Å². The number of amides is 1. The number of carbonyl (C=O) groups is 1. The molecule has 2 heterocycles. The van der Waals surface area contributed by atoms with Gasteiger partial charge in [-0.1, -0.05) is 11.6 Å². The molecule has 0 radical (unpaired) electrons. The molecule has 25 heavy (non-hydrogen) atoms. The first-order valence-electron chi connectivity index (χ1n) is 6.89. The fourth-order valence-electron chi connectivity index (χ4n) is 1.94. The Morgan fingerprint density at radius 1 is 1.12 bits per heavy atom. The molecule has 0 bridgehead atoms. The number of hydrogen-bond donors (Lipinski definition) is 1. The van der Waals surface area contributed by atoms with Crippen molar-refractivity contribution in [1.29, 1.82) is 0 Å². The van der Waals surface area contributed by atoms with Gasteiger partial charge in [-0.25, -0.2) is 9.97 Å². The number of benzene rings is 1. The normalized spacial score (nSPS) is 11.4. The Bertz CT molecular complexity index is 890. The maximum Gasteiger partial charge on any atom is 0.416 e. The van der Waals surface area contributed by atoms with Gasteiger partial charge in [0.2, 0.25) is 5.89 Å². The molecule has 0 saturated carbocycles. The van der Waals surface area contributed by atoms with E-state index in [1.165, 1.54) is 24.4 Å². The average Bonchev–Trinajstić information content (AvgIpc) is 3.06. The third kappa shape index (κ3) is 3.97. The minimum atomic E-state index is -4.42. The second-order valence-corrected chi connectivity index (χ2v) is 5.37. The molecule has 3 rings (SSSR count). The summed E-state index contributed by atoms with van der Waals surface area (Å²) in [5.74, 6) is -0.270. The van der Waals surface area contributed by atoms with Crippen molar-refractivity contribution in [2.45, 2.75) is 6.18 Å².